The number of hydrogen-bond donors (Lipinski definition) is 2. The van der Waals surface area contributed by atoms with Gasteiger partial charge in [0, 0.05) is 22.8 Å². The molecular weight excluding hydrogens is 320 g/mol. The summed E-state index contributed by atoms with van der Waals surface area (Å²) in [5.41, 5.74) is 1.57. The van der Waals surface area contributed by atoms with Crippen LogP contribution in [0.5, 0.6) is 17.2 Å². The van der Waals surface area contributed by atoms with E-state index < -0.39 is 0 Å². The van der Waals surface area contributed by atoms with Gasteiger partial charge in [-0.3, -0.25) is 4.79 Å². The van der Waals surface area contributed by atoms with Crippen LogP contribution < -0.4 is 10.2 Å². The Bertz CT molecular complexity index is 1010. The molecule has 25 heavy (non-hydrogen) atoms. The molecule has 0 saturated heterocycles. The van der Waals surface area contributed by atoms with Crippen molar-refractivity contribution in [1.29, 1.82) is 0 Å². The van der Waals surface area contributed by atoms with Crippen molar-refractivity contribution >= 4 is 11.0 Å². The predicted molar refractivity (Wildman–Crippen MR) is 96.4 cm³/mol. The first-order chi connectivity index (χ1) is 12.0. The van der Waals surface area contributed by atoms with Gasteiger partial charge in [-0.25, -0.2) is 0 Å². The highest BCUT2D eigenvalue weighted by molar-refractivity contribution is 5.89. The number of rotatable bonds is 4. The summed E-state index contributed by atoms with van der Waals surface area (Å²) < 4.78 is 11.3. The molecule has 0 aliphatic carbocycles. The number of fused-ring (bicyclic) bond motifs is 1. The fourth-order valence-corrected chi connectivity index (χ4v) is 2.87. The maximum atomic E-state index is 13.1. The Morgan fingerprint density at radius 2 is 1.92 bits per heavy atom. The molecule has 2 aromatic carbocycles. The highest BCUT2D eigenvalue weighted by atomic mass is 16.5. The quantitative estimate of drug-likeness (QED) is 0.705. The summed E-state index contributed by atoms with van der Waals surface area (Å²) in [6.45, 7) is 5.38. The summed E-state index contributed by atoms with van der Waals surface area (Å²) in [4.78, 5) is 13.1. The average molecular weight is 338 g/mol. The van der Waals surface area contributed by atoms with E-state index >= 15 is 0 Å². The molecule has 0 aliphatic rings. The molecule has 0 amide bonds. The third-order valence-electron chi connectivity index (χ3n) is 4.14. The molecule has 0 bridgehead atoms. The average Bonchev–Trinajstić information content (AvgIpc) is 2.60. The minimum Gasteiger partial charge on any atom is -0.508 e. The van der Waals surface area contributed by atoms with Gasteiger partial charge < -0.3 is 19.4 Å². The zero-order valence-electron chi connectivity index (χ0n) is 14.0. The van der Waals surface area contributed by atoms with Gasteiger partial charge in [-0.1, -0.05) is 6.08 Å². The molecular formula is C20H18O5. The van der Waals surface area contributed by atoms with Gasteiger partial charge in [-0.15, -0.1) is 6.58 Å². The van der Waals surface area contributed by atoms with E-state index in [9.17, 15) is 15.0 Å². The van der Waals surface area contributed by atoms with Crippen LogP contribution in [0.3, 0.4) is 0 Å². The number of phenols is 2. The van der Waals surface area contributed by atoms with Crippen molar-refractivity contribution in [3.8, 4) is 28.6 Å². The zero-order valence-corrected chi connectivity index (χ0v) is 14.0. The van der Waals surface area contributed by atoms with E-state index in [2.05, 4.69) is 6.58 Å². The van der Waals surface area contributed by atoms with E-state index in [4.69, 9.17) is 9.15 Å². The summed E-state index contributed by atoms with van der Waals surface area (Å²) in [7, 11) is 1.45. The molecule has 5 nitrogen and oxygen atoms in total. The lowest BCUT2D eigenvalue weighted by Crippen LogP contribution is -2.12. The van der Waals surface area contributed by atoms with E-state index in [1.54, 1.807) is 25.1 Å². The second-order valence-corrected chi connectivity index (χ2v) is 5.71. The predicted octanol–water partition coefficient (Wildman–Crippen LogP) is 3.92. The number of benzene rings is 2. The summed E-state index contributed by atoms with van der Waals surface area (Å²) >= 11 is 0. The molecule has 3 rings (SSSR count). The molecule has 128 valence electrons. The van der Waals surface area contributed by atoms with Crippen LogP contribution in [-0.4, -0.2) is 17.3 Å². The van der Waals surface area contributed by atoms with Crippen LogP contribution in [0.2, 0.25) is 0 Å². The van der Waals surface area contributed by atoms with Crippen molar-refractivity contribution in [1.82, 2.24) is 0 Å². The minimum absolute atomic E-state index is 0.0133. The number of hydrogen-bond acceptors (Lipinski definition) is 5. The summed E-state index contributed by atoms with van der Waals surface area (Å²) in [5, 5.41) is 19.9. The minimum atomic E-state index is -0.232. The van der Waals surface area contributed by atoms with E-state index in [1.165, 1.54) is 25.3 Å². The molecule has 2 N–H and O–H groups in total. The monoisotopic (exact) mass is 338 g/mol. The van der Waals surface area contributed by atoms with Gasteiger partial charge in [-0.05, 0) is 37.6 Å². The lowest BCUT2D eigenvalue weighted by Gasteiger charge is -2.13. The van der Waals surface area contributed by atoms with Crippen LogP contribution in [-0.2, 0) is 6.42 Å². The van der Waals surface area contributed by atoms with Crippen LogP contribution in [0.25, 0.3) is 22.3 Å². The highest BCUT2D eigenvalue weighted by Crippen LogP contribution is 2.37. The number of allylic oxidation sites excluding steroid dienone is 1. The molecule has 0 aliphatic heterocycles. The maximum absolute atomic E-state index is 13.1. The Labute approximate surface area is 144 Å². The summed E-state index contributed by atoms with van der Waals surface area (Å²) in [6.07, 6.45) is 1.94. The Morgan fingerprint density at radius 3 is 2.52 bits per heavy atom. The van der Waals surface area contributed by atoms with Crippen molar-refractivity contribution in [3.05, 3.63) is 64.3 Å². The van der Waals surface area contributed by atoms with Crippen molar-refractivity contribution in [2.45, 2.75) is 13.3 Å². The molecule has 1 heterocycles. The SMILES string of the molecule is C=CCc1c(-c2ccc(O)cc2)oc2cc(O)c(C)c(OC)c2c1=O. The third-order valence-corrected chi connectivity index (χ3v) is 4.14. The molecule has 0 fully saturated rings. The van der Waals surface area contributed by atoms with Gasteiger partial charge in [0.15, 0.2) is 0 Å². The second kappa shape index (κ2) is 6.36. The third kappa shape index (κ3) is 2.74. The Kier molecular flexibility index (Phi) is 4.23. The Balaban J connectivity index is 2.44. The molecule has 0 unspecified atom stereocenters. The van der Waals surface area contributed by atoms with Crippen LogP contribution in [0.1, 0.15) is 11.1 Å². The maximum Gasteiger partial charge on any atom is 0.200 e. The van der Waals surface area contributed by atoms with Crippen molar-refractivity contribution in [2.75, 3.05) is 7.11 Å². The molecule has 0 spiro atoms. The van der Waals surface area contributed by atoms with Crippen molar-refractivity contribution in [3.63, 3.8) is 0 Å². The smallest absolute Gasteiger partial charge is 0.200 e. The van der Waals surface area contributed by atoms with Gasteiger partial charge in [0.1, 0.15) is 34.0 Å². The first-order valence-corrected chi connectivity index (χ1v) is 7.74. The lowest BCUT2D eigenvalue weighted by molar-refractivity contribution is 0.406. The number of aromatic hydroxyl groups is 2. The fourth-order valence-electron chi connectivity index (χ4n) is 2.87. The zero-order chi connectivity index (χ0) is 18.1. The Morgan fingerprint density at radius 1 is 1.24 bits per heavy atom. The number of methoxy groups -OCH3 is 1. The molecule has 0 radical (unpaired) electrons. The molecule has 1 aromatic heterocycles. The van der Waals surface area contributed by atoms with Crippen LogP contribution in [0, 0.1) is 6.92 Å². The second-order valence-electron chi connectivity index (χ2n) is 5.71. The number of phenolic OH excluding ortho intramolecular Hbond substituents is 2. The summed E-state index contributed by atoms with van der Waals surface area (Å²) in [5.74, 6) is 0.779. The lowest BCUT2D eigenvalue weighted by atomic mass is 10.0. The summed E-state index contributed by atoms with van der Waals surface area (Å²) in [6, 6.07) is 7.78. The normalized spacial score (nSPS) is 10.8. The van der Waals surface area contributed by atoms with Crippen LogP contribution >= 0.6 is 0 Å². The van der Waals surface area contributed by atoms with Gasteiger partial charge in [0.05, 0.1) is 7.11 Å². The van der Waals surface area contributed by atoms with Crippen molar-refractivity contribution in [2.24, 2.45) is 0 Å². The van der Waals surface area contributed by atoms with Crippen LogP contribution in [0.4, 0.5) is 0 Å². The van der Waals surface area contributed by atoms with Crippen molar-refractivity contribution < 1.29 is 19.4 Å². The molecule has 5 heteroatoms. The van der Waals surface area contributed by atoms with E-state index in [-0.39, 0.29) is 27.9 Å². The van der Waals surface area contributed by atoms with E-state index in [0.717, 1.165) is 0 Å². The van der Waals surface area contributed by atoms with E-state index in [1.807, 2.05) is 0 Å². The Hall–Kier alpha value is -3.21. The largest absolute Gasteiger partial charge is 0.508 e. The first kappa shape index (κ1) is 16.6. The van der Waals surface area contributed by atoms with Gasteiger partial charge in [0.2, 0.25) is 5.43 Å². The first-order valence-electron chi connectivity index (χ1n) is 7.74. The van der Waals surface area contributed by atoms with E-state index in [0.29, 0.717) is 34.6 Å². The van der Waals surface area contributed by atoms with Gasteiger partial charge >= 0.3 is 0 Å². The van der Waals surface area contributed by atoms with Gasteiger partial charge in [-0.2, -0.15) is 0 Å². The van der Waals surface area contributed by atoms with Gasteiger partial charge in [0.25, 0.3) is 0 Å². The topological polar surface area (TPSA) is 79.9 Å². The number of ether oxygens (including phenoxy) is 1. The highest BCUT2D eigenvalue weighted by Gasteiger charge is 2.21. The molecule has 0 saturated carbocycles. The molecule has 0 atom stereocenters. The molecule has 3 aromatic rings. The van der Waals surface area contributed by atoms with Crippen LogP contribution in [0.15, 0.2) is 52.2 Å². The fraction of sp³-hybridized carbons (Fsp3) is 0.150. The standard InChI is InChI=1S/C20H18O5/c1-4-5-14-18(23)17-16(10-15(22)11(2)19(17)24-3)25-20(14)12-6-8-13(21)9-7-12/h4,6-10,21-22H,1,5H2,2-3H3.